The van der Waals surface area contributed by atoms with Crippen molar-refractivity contribution in [3.8, 4) is 5.75 Å². The van der Waals surface area contributed by atoms with E-state index >= 15 is 0 Å². The molecule has 0 aliphatic carbocycles. The number of aromatic hydroxyl groups is 1. The number of hydrogen-bond acceptors (Lipinski definition) is 8. The lowest BCUT2D eigenvalue weighted by molar-refractivity contribution is -0.403. The minimum Gasteiger partial charge on any atom is -0.508 e. The van der Waals surface area contributed by atoms with Gasteiger partial charge in [0.1, 0.15) is 11.8 Å². The summed E-state index contributed by atoms with van der Waals surface area (Å²) in [5, 5.41) is 47.9. The van der Waals surface area contributed by atoms with E-state index in [0.717, 1.165) is 11.8 Å². The van der Waals surface area contributed by atoms with Crippen LogP contribution in [0, 0.1) is 16.0 Å². The topological polar surface area (TPSA) is 191 Å². The van der Waals surface area contributed by atoms with Crippen LogP contribution in [0.3, 0.4) is 0 Å². The normalized spacial score (nSPS) is 12.7. The van der Waals surface area contributed by atoms with Gasteiger partial charge in [0.05, 0.1) is 10.8 Å². The molecule has 3 rings (SSSR count). The minimum absolute atomic E-state index is 0.00508. The van der Waals surface area contributed by atoms with Gasteiger partial charge in [-0.15, -0.1) is 0 Å². The summed E-state index contributed by atoms with van der Waals surface area (Å²) in [5.74, 6) is -2.91. The predicted molar refractivity (Wildman–Crippen MR) is 165 cm³/mol. The summed E-state index contributed by atoms with van der Waals surface area (Å²) in [6, 6.07) is 18.6. The number of nitrogens with one attached hydrogen (secondary N) is 3. The third-order valence-corrected chi connectivity index (χ3v) is 6.70. The second-order valence-electron chi connectivity index (χ2n) is 10.7. The van der Waals surface area contributed by atoms with Gasteiger partial charge in [-0.3, -0.25) is 19.7 Å². The van der Waals surface area contributed by atoms with Gasteiger partial charge < -0.3 is 31.3 Å². The van der Waals surface area contributed by atoms with Crippen LogP contribution in [0.15, 0.2) is 84.8 Å². The maximum Gasteiger partial charge on any atom is 0.326 e. The third kappa shape index (κ3) is 10.8. The van der Waals surface area contributed by atoms with Crippen LogP contribution in [0.5, 0.6) is 5.75 Å². The standard InChI is InChI=1S/C32H36N4O8/c1-20(2)17-27(31(40)35-28(32(41)42)18-22-5-3-21(4-6-22)7-16-30(38)39)23-8-10-24(11-9-23)33-29(19-36(43)44)34-25-12-14-26(37)15-13-25/h3-6,8-15,19-20,27-28,33-34,37H,7,16-18H2,1-2H3,(H,35,40)(H,38,39)(H,41,42)/b29-19+. The fourth-order valence-corrected chi connectivity index (χ4v) is 4.52. The van der Waals surface area contributed by atoms with Gasteiger partial charge in [-0.05, 0) is 71.8 Å². The van der Waals surface area contributed by atoms with Crippen LogP contribution in [-0.2, 0) is 27.2 Å². The number of amides is 1. The van der Waals surface area contributed by atoms with Crippen LogP contribution >= 0.6 is 0 Å². The molecule has 3 aromatic rings. The Morgan fingerprint density at radius 1 is 0.864 bits per heavy atom. The molecule has 2 atom stereocenters. The third-order valence-electron chi connectivity index (χ3n) is 6.70. The van der Waals surface area contributed by atoms with Gasteiger partial charge >= 0.3 is 11.9 Å². The number of nitrogens with zero attached hydrogens (tertiary/aromatic N) is 1. The van der Waals surface area contributed by atoms with E-state index in [2.05, 4.69) is 16.0 Å². The first-order valence-corrected chi connectivity index (χ1v) is 14.0. The number of carboxylic acid groups (broad SMARTS) is 2. The lowest BCUT2D eigenvalue weighted by Crippen LogP contribution is -2.44. The van der Waals surface area contributed by atoms with Gasteiger partial charge in [-0.25, -0.2) is 4.79 Å². The molecule has 0 fully saturated rings. The highest BCUT2D eigenvalue weighted by atomic mass is 16.6. The molecule has 0 aromatic heterocycles. The van der Waals surface area contributed by atoms with Crippen LogP contribution in [-0.4, -0.2) is 44.1 Å². The molecule has 0 bridgehead atoms. The number of nitro groups is 1. The highest BCUT2D eigenvalue weighted by Gasteiger charge is 2.27. The zero-order valence-corrected chi connectivity index (χ0v) is 24.4. The van der Waals surface area contributed by atoms with E-state index in [9.17, 15) is 34.7 Å². The highest BCUT2D eigenvalue weighted by Crippen LogP contribution is 2.27. The van der Waals surface area contributed by atoms with Crippen LogP contribution in [0.2, 0.25) is 0 Å². The molecule has 1 amide bonds. The Bertz CT molecular complexity index is 1470. The molecule has 3 aromatic carbocycles. The van der Waals surface area contributed by atoms with Crippen molar-refractivity contribution in [2.45, 2.75) is 51.5 Å². The maximum absolute atomic E-state index is 13.4. The Hall–Kier alpha value is -5.39. The number of phenolic OH excluding ortho intramolecular Hbond substituents is 1. The van der Waals surface area contributed by atoms with Gasteiger partial charge in [0.25, 0.3) is 6.20 Å². The molecular formula is C32H36N4O8. The van der Waals surface area contributed by atoms with Crippen molar-refractivity contribution in [3.05, 3.63) is 112 Å². The average molecular weight is 605 g/mol. The zero-order chi connectivity index (χ0) is 32.2. The van der Waals surface area contributed by atoms with Crippen molar-refractivity contribution < 1.29 is 34.6 Å². The lowest BCUT2D eigenvalue weighted by atomic mass is 9.89. The summed E-state index contributed by atoms with van der Waals surface area (Å²) >= 11 is 0. The monoisotopic (exact) mass is 604 g/mol. The number of carboxylic acids is 2. The van der Waals surface area contributed by atoms with Crippen LogP contribution in [0.4, 0.5) is 11.4 Å². The van der Waals surface area contributed by atoms with Gasteiger partial charge in [0.15, 0.2) is 5.82 Å². The molecule has 0 radical (unpaired) electrons. The molecular weight excluding hydrogens is 568 g/mol. The Balaban J connectivity index is 1.73. The van der Waals surface area contributed by atoms with Crippen LogP contribution in [0.25, 0.3) is 0 Å². The second-order valence-corrected chi connectivity index (χ2v) is 10.7. The summed E-state index contributed by atoms with van der Waals surface area (Å²) in [7, 11) is 0. The molecule has 0 aliphatic heterocycles. The Morgan fingerprint density at radius 3 is 1.91 bits per heavy atom. The summed E-state index contributed by atoms with van der Waals surface area (Å²) in [4.78, 5) is 46.9. The van der Waals surface area contributed by atoms with Crippen LogP contribution in [0.1, 0.15) is 49.3 Å². The number of phenols is 1. The molecule has 0 saturated carbocycles. The number of rotatable bonds is 16. The first-order chi connectivity index (χ1) is 20.9. The average Bonchev–Trinajstić information content (AvgIpc) is 2.96. The molecule has 12 heteroatoms. The molecule has 0 saturated heterocycles. The van der Waals surface area contributed by atoms with E-state index in [-0.39, 0.29) is 30.3 Å². The second kappa shape index (κ2) is 15.7. The molecule has 0 aliphatic rings. The van der Waals surface area contributed by atoms with Gasteiger partial charge in [-0.2, -0.15) is 0 Å². The van der Waals surface area contributed by atoms with Gasteiger partial charge in [0, 0.05) is 24.2 Å². The lowest BCUT2D eigenvalue weighted by Gasteiger charge is -2.23. The number of aliphatic carboxylic acids is 2. The zero-order valence-electron chi connectivity index (χ0n) is 24.4. The molecule has 44 heavy (non-hydrogen) atoms. The van der Waals surface area contributed by atoms with E-state index in [4.69, 9.17) is 5.11 Å². The first kappa shape index (κ1) is 33.1. The van der Waals surface area contributed by atoms with Gasteiger partial charge in [0.2, 0.25) is 5.91 Å². The Morgan fingerprint density at radius 2 is 1.41 bits per heavy atom. The molecule has 232 valence electrons. The molecule has 0 heterocycles. The van der Waals surface area contributed by atoms with Crippen molar-refractivity contribution in [1.29, 1.82) is 0 Å². The van der Waals surface area contributed by atoms with E-state index in [1.165, 1.54) is 12.1 Å². The fraction of sp³-hybridized carbons (Fsp3) is 0.281. The molecule has 12 nitrogen and oxygen atoms in total. The number of aryl methyl sites for hydroxylation is 1. The summed E-state index contributed by atoms with van der Waals surface area (Å²) in [5.41, 5.74) is 3.18. The minimum atomic E-state index is -1.18. The quantitative estimate of drug-likeness (QED) is 0.0741. The highest BCUT2D eigenvalue weighted by molar-refractivity contribution is 5.88. The SMILES string of the molecule is CC(C)CC(C(=O)NC(Cc1ccc(CCC(=O)O)cc1)C(=O)O)c1ccc(N/C(=C\[N+](=O)[O-])Nc2ccc(O)cc2)cc1. The van der Waals surface area contributed by atoms with E-state index in [1.54, 1.807) is 60.7 Å². The smallest absolute Gasteiger partial charge is 0.326 e. The number of hydrogen-bond donors (Lipinski definition) is 6. The predicted octanol–water partition coefficient (Wildman–Crippen LogP) is 4.95. The van der Waals surface area contributed by atoms with Crippen molar-refractivity contribution >= 4 is 29.2 Å². The van der Waals surface area contributed by atoms with Gasteiger partial charge in [-0.1, -0.05) is 50.2 Å². The summed E-state index contributed by atoms with van der Waals surface area (Å²) in [6.45, 7) is 3.92. The van der Waals surface area contributed by atoms with Crippen molar-refractivity contribution in [3.63, 3.8) is 0 Å². The summed E-state index contributed by atoms with van der Waals surface area (Å²) in [6.07, 6.45) is 1.64. The Kier molecular flexibility index (Phi) is 11.8. The Labute approximate surface area is 254 Å². The molecule has 6 N–H and O–H groups in total. The van der Waals surface area contributed by atoms with Crippen LogP contribution < -0.4 is 16.0 Å². The molecule has 0 spiro atoms. The van der Waals surface area contributed by atoms with Crippen molar-refractivity contribution in [1.82, 2.24) is 5.32 Å². The first-order valence-electron chi connectivity index (χ1n) is 14.0. The maximum atomic E-state index is 13.4. The van der Waals surface area contributed by atoms with Crippen molar-refractivity contribution in [2.24, 2.45) is 5.92 Å². The summed E-state index contributed by atoms with van der Waals surface area (Å²) < 4.78 is 0. The van der Waals surface area contributed by atoms with E-state index in [0.29, 0.717) is 35.3 Å². The van der Waals surface area contributed by atoms with E-state index in [1.807, 2.05) is 13.8 Å². The number of carbonyl (C=O) groups excluding carboxylic acids is 1. The molecule has 2 unspecified atom stereocenters. The fourth-order valence-electron chi connectivity index (χ4n) is 4.52. The van der Waals surface area contributed by atoms with E-state index < -0.39 is 34.7 Å². The number of anilines is 2. The van der Waals surface area contributed by atoms with Crippen molar-refractivity contribution in [2.75, 3.05) is 10.6 Å². The largest absolute Gasteiger partial charge is 0.508 e. The number of benzene rings is 3. The number of carbonyl (C=O) groups is 3.